The van der Waals surface area contributed by atoms with Crippen molar-refractivity contribution < 1.29 is 0 Å². The Morgan fingerprint density at radius 1 is 1.38 bits per heavy atom. The molecule has 0 aliphatic carbocycles. The molecule has 0 aliphatic rings. The summed E-state index contributed by atoms with van der Waals surface area (Å²) in [5.74, 6) is 0.141. The highest BCUT2D eigenvalue weighted by Gasteiger charge is 2.06. The van der Waals surface area contributed by atoms with E-state index in [0.717, 1.165) is 30.6 Å². The number of hydrogen-bond donors (Lipinski definition) is 2. The molecule has 0 heterocycles. The summed E-state index contributed by atoms with van der Waals surface area (Å²) in [4.78, 5) is 2.33. The predicted octanol–water partition coefficient (Wildman–Crippen LogP) is 2.52. The summed E-state index contributed by atoms with van der Waals surface area (Å²) in [7, 11) is 0. The van der Waals surface area contributed by atoms with Gasteiger partial charge in [0.05, 0.1) is 0 Å². The van der Waals surface area contributed by atoms with E-state index in [1.54, 1.807) is 0 Å². The van der Waals surface area contributed by atoms with Crippen LogP contribution < -0.4 is 10.6 Å². The van der Waals surface area contributed by atoms with Crippen molar-refractivity contribution in [1.82, 2.24) is 0 Å². The molecule has 0 saturated carbocycles. The number of aryl methyl sites for hydroxylation is 1. The van der Waals surface area contributed by atoms with Gasteiger partial charge < -0.3 is 10.6 Å². The van der Waals surface area contributed by atoms with E-state index >= 15 is 0 Å². The summed E-state index contributed by atoms with van der Waals surface area (Å²) >= 11 is 0. The fourth-order valence-corrected chi connectivity index (χ4v) is 1.89. The maximum Gasteiger partial charge on any atom is 0.123 e. The average molecular weight is 219 g/mol. The molecule has 0 aromatic heterocycles. The van der Waals surface area contributed by atoms with Gasteiger partial charge in [0.25, 0.3) is 0 Å². The van der Waals surface area contributed by atoms with Gasteiger partial charge in [0.2, 0.25) is 0 Å². The number of hydrogen-bond acceptors (Lipinski definition) is 2. The highest BCUT2D eigenvalue weighted by molar-refractivity contribution is 5.96. The fourth-order valence-electron chi connectivity index (χ4n) is 1.89. The summed E-state index contributed by atoms with van der Waals surface area (Å²) in [6.07, 6.45) is 1.14. The molecule has 1 aromatic carbocycles. The van der Waals surface area contributed by atoms with E-state index in [1.807, 2.05) is 19.1 Å². The number of nitrogens with one attached hydrogen (secondary N) is 1. The normalized spacial score (nSPS) is 10.2. The van der Waals surface area contributed by atoms with Gasteiger partial charge in [-0.05, 0) is 44.0 Å². The summed E-state index contributed by atoms with van der Waals surface area (Å²) in [6.45, 7) is 8.41. The Balaban J connectivity index is 2.99. The van der Waals surface area contributed by atoms with E-state index in [0.29, 0.717) is 0 Å². The molecule has 0 bridgehead atoms. The number of rotatable bonds is 5. The summed E-state index contributed by atoms with van der Waals surface area (Å²) in [6, 6.07) is 6.09. The first-order valence-electron chi connectivity index (χ1n) is 5.80. The number of nitrogen functional groups attached to an aromatic ring is 1. The Morgan fingerprint density at radius 3 is 2.50 bits per heavy atom. The molecule has 1 rings (SSSR count). The third-order valence-electron chi connectivity index (χ3n) is 2.74. The van der Waals surface area contributed by atoms with E-state index in [-0.39, 0.29) is 5.84 Å². The number of anilines is 1. The number of benzene rings is 1. The second kappa shape index (κ2) is 5.54. The van der Waals surface area contributed by atoms with Gasteiger partial charge in [0.15, 0.2) is 0 Å². The zero-order chi connectivity index (χ0) is 12.1. The van der Waals surface area contributed by atoms with Gasteiger partial charge in [-0.3, -0.25) is 5.41 Å². The Kier molecular flexibility index (Phi) is 4.35. The van der Waals surface area contributed by atoms with Crippen molar-refractivity contribution in [2.24, 2.45) is 5.73 Å². The zero-order valence-corrected chi connectivity index (χ0v) is 10.4. The molecule has 3 heteroatoms. The molecule has 0 spiro atoms. The molecular formula is C13H21N3. The zero-order valence-electron chi connectivity index (χ0n) is 10.4. The van der Waals surface area contributed by atoms with Crippen molar-refractivity contribution in [3.05, 3.63) is 29.3 Å². The molecule has 3 N–H and O–H groups in total. The Morgan fingerprint density at radius 2 is 2.06 bits per heavy atom. The SMILES string of the molecule is CCCN(CC)c1ccc(C(=N)N)c(C)c1. The van der Waals surface area contributed by atoms with Crippen LogP contribution in [0.4, 0.5) is 5.69 Å². The lowest BCUT2D eigenvalue weighted by molar-refractivity contribution is 0.791. The predicted molar refractivity (Wildman–Crippen MR) is 70.4 cm³/mol. The molecule has 16 heavy (non-hydrogen) atoms. The molecule has 88 valence electrons. The smallest absolute Gasteiger partial charge is 0.123 e. The molecule has 0 atom stereocenters. The van der Waals surface area contributed by atoms with E-state index in [2.05, 4.69) is 24.8 Å². The van der Waals surface area contributed by atoms with Crippen molar-refractivity contribution in [1.29, 1.82) is 5.41 Å². The van der Waals surface area contributed by atoms with Crippen LogP contribution in [0.3, 0.4) is 0 Å². The lowest BCUT2D eigenvalue weighted by Gasteiger charge is -2.23. The van der Waals surface area contributed by atoms with Crippen LogP contribution in [-0.2, 0) is 0 Å². The van der Waals surface area contributed by atoms with Crippen LogP contribution in [0.5, 0.6) is 0 Å². The van der Waals surface area contributed by atoms with Crippen LogP contribution in [0.25, 0.3) is 0 Å². The minimum atomic E-state index is 0.141. The van der Waals surface area contributed by atoms with Crippen LogP contribution in [0.2, 0.25) is 0 Å². The van der Waals surface area contributed by atoms with Crippen molar-refractivity contribution in [2.75, 3.05) is 18.0 Å². The standard InChI is InChI=1S/C13H21N3/c1-4-8-16(5-2)11-6-7-12(13(14)15)10(3)9-11/h6-7,9H,4-5,8H2,1-3H3,(H3,14,15). The van der Waals surface area contributed by atoms with Gasteiger partial charge >= 0.3 is 0 Å². The van der Waals surface area contributed by atoms with Crippen LogP contribution in [0.15, 0.2) is 18.2 Å². The molecule has 0 amide bonds. The minimum Gasteiger partial charge on any atom is -0.384 e. The highest BCUT2D eigenvalue weighted by atomic mass is 15.1. The van der Waals surface area contributed by atoms with Gasteiger partial charge in [-0.15, -0.1) is 0 Å². The highest BCUT2D eigenvalue weighted by Crippen LogP contribution is 2.19. The number of nitrogens with two attached hydrogens (primary N) is 1. The van der Waals surface area contributed by atoms with Crippen LogP contribution in [0.1, 0.15) is 31.4 Å². The topological polar surface area (TPSA) is 53.1 Å². The molecule has 1 aromatic rings. The third-order valence-corrected chi connectivity index (χ3v) is 2.74. The van der Waals surface area contributed by atoms with E-state index in [4.69, 9.17) is 11.1 Å². The first-order valence-corrected chi connectivity index (χ1v) is 5.80. The molecule has 0 unspecified atom stereocenters. The first-order chi connectivity index (χ1) is 7.60. The summed E-state index contributed by atoms with van der Waals surface area (Å²) in [5.41, 5.74) is 8.62. The van der Waals surface area contributed by atoms with Crippen molar-refractivity contribution in [3.8, 4) is 0 Å². The fraction of sp³-hybridized carbons (Fsp3) is 0.462. The summed E-state index contributed by atoms with van der Waals surface area (Å²) in [5, 5.41) is 7.44. The van der Waals surface area contributed by atoms with Gasteiger partial charge in [-0.25, -0.2) is 0 Å². The molecule has 0 fully saturated rings. The first kappa shape index (κ1) is 12.6. The quantitative estimate of drug-likeness (QED) is 0.590. The Hall–Kier alpha value is -1.51. The number of nitrogens with zero attached hydrogens (tertiary/aromatic N) is 1. The van der Waals surface area contributed by atoms with E-state index in [9.17, 15) is 0 Å². The van der Waals surface area contributed by atoms with E-state index in [1.165, 1.54) is 5.69 Å². The largest absolute Gasteiger partial charge is 0.384 e. The Labute approximate surface area is 97.8 Å². The van der Waals surface area contributed by atoms with Crippen molar-refractivity contribution >= 4 is 11.5 Å². The van der Waals surface area contributed by atoms with Crippen LogP contribution in [0, 0.1) is 12.3 Å². The minimum absolute atomic E-state index is 0.141. The van der Waals surface area contributed by atoms with Crippen LogP contribution in [-0.4, -0.2) is 18.9 Å². The second-order valence-electron chi connectivity index (χ2n) is 3.99. The van der Waals surface area contributed by atoms with E-state index < -0.39 is 0 Å². The van der Waals surface area contributed by atoms with Gasteiger partial charge in [-0.2, -0.15) is 0 Å². The average Bonchev–Trinajstić information content (AvgIpc) is 2.25. The van der Waals surface area contributed by atoms with Gasteiger partial charge in [0.1, 0.15) is 5.84 Å². The number of amidine groups is 1. The molecule has 3 nitrogen and oxygen atoms in total. The molecule has 0 aliphatic heterocycles. The van der Waals surface area contributed by atoms with Gasteiger partial charge in [0, 0.05) is 24.3 Å². The molecular weight excluding hydrogens is 198 g/mol. The monoisotopic (exact) mass is 219 g/mol. The van der Waals surface area contributed by atoms with Crippen molar-refractivity contribution in [2.45, 2.75) is 27.2 Å². The summed E-state index contributed by atoms with van der Waals surface area (Å²) < 4.78 is 0. The third kappa shape index (κ3) is 2.75. The second-order valence-corrected chi connectivity index (χ2v) is 3.99. The molecule has 0 radical (unpaired) electrons. The van der Waals surface area contributed by atoms with Crippen LogP contribution >= 0.6 is 0 Å². The van der Waals surface area contributed by atoms with Crippen molar-refractivity contribution in [3.63, 3.8) is 0 Å². The lowest BCUT2D eigenvalue weighted by Crippen LogP contribution is -2.23. The maximum absolute atomic E-state index is 7.44. The lowest BCUT2D eigenvalue weighted by atomic mass is 10.1. The Bertz CT molecular complexity index is 371. The maximum atomic E-state index is 7.44. The van der Waals surface area contributed by atoms with Gasteiger partial charge in [-0.1, -0.05) is 6.92 Å². The molecule has 0 saturated heterocycles.